The van der Waals surface area contributed by atoms with E-state index in [9.17, 15) is 24.3 Å². The fourth-order valence-electron chi connectivity index (χ4n) is 7.53. The molecular weight excluding hydrogens is 498 g/mol. The van der Waals surface area contributed by atoms with Crippen molar-refractivity contribution in [3.8, 4) is 5.75 Å². The lowest BCUT2D eigenvalue weighted by Crippen LogP contribution is -2.54. The largest absolute Gasteiger partial charge is 0.496 e. The van der Waals surface area contributed by atoms with Crippen LogP contribution in [0.1, 0.15) is 68.3 Å². The van der Waals surface area contributed by atoms with Gasteiger partial charge in [0.15, 0.2) is 5.78 Å². The number of nitrogens with one attached hydrogen (secondary N) is 2. The molecule has 1 aromatic carbocycles. The Morgan fingerprint density at radius 1 is 1.23 bits per heavy atom. The van der Waals surface area contributed by atoms with Gasteiger partial charge in [-0.1, -0.05) is 12.5 Å². The third kappa shape index (κ3) is 4.75. The van der Waals surface area contributed by atoms with Crippen molar-refractivity contribution in [3.63, 3.8) is 0 Å². The summed E-state index contributed by atoms with van der Waals surface area (Å²) in [4.78, 5) is 58.0. The minimum atomic E-state index is -0.944. The maximum atomic E-state index is 13.8. The van der Waals surface area contributed by atoms with Gasteiger partial charge in [0.25, 0.3) is 5.91 Å². The van der Waals surface area contributed by atoms with Crippen LogP contribution in [0.4, 0.5) is 0 Å². The lowest BCUT2D eigenvalue weighted by molar-refractivity contribution is -0.134. The number of amides is 2. The summed E-state index contributed by atoms with van der Waals surface area (Å²) in [7, 11) is 1.58. The maximum Gasteiger partial charge on any atom is 0.271 e. The van der Waals surface area contributed by atoms with Gasteiger partial charge < -0.3 is 25.0 Å². The number of aromatic amines is 1. The molecule has 9 nitrogen and oxygen atoms in total. The van der Waals surface area contributed by atoms with E-state index in [0.717, 1.165) is 55.8 Å². The van der Waals surface area contributed by atoms with Gasteiger partial charge in [0.05, 0.1) is 13.2 Å². The molecule has 3 N–H and O–H groups in total. The molecule has 2 aromatic rings. The topological polar surface area (TPSA) is 129 Å². The number of rotatable bonds is 8. The number of benzene rings is 1. The van der Waals surface area contributed by atoms with Crippen molar-refractivity contribution >= 4 is 34.3 Å². The summed E-state index contributed by atoms with van der Waals surface area (Å²) in [6.07, 6.45) is 7.42. The number of carbonyl (C=O) groups is 4. The highest BCUT2D eigenvalue weighted by atomic mass is 16.5. The van der Waals surface area contributed by atoms with Gasteiger partial charge in [0, 0.05) is 29.8 Å². The first-order valence-electron chi connectivity index (χ1n) is 14.3. The van der Waals surface area contributed by atoms with Gasteiger partial charge in [-0.25, -0.2) is 0 Å². The predicted molar refractivity (Wildman–Crippen MR) is 143 cm³/mol. The van der Waals surface area contributed by atoms with Crippen LogP contribution in [0.2, 0.25) is 0 Å². The zero-order chi connectivity index (χ0) is 27.3. The van der Waals surface area contributed by atoms with Crippen LogP contribution in [0.3, 0.4) is 0 Å². The second kappa shape index (κ2) is 10.1. The second-order valence-corrected chi connectivity index (χ2v) is 12.2. The first-order valence-corrected chi connectivity index (χ1v) is 14.3. The third-order valence-corrected chi connectivity index (χ3v) is 9.87. The van der Waals surface area contributed by atoms with Crippen molar-refractivity contribution < 1.29 is 29.0 Å². The normalized spacial score (nSPS) is 27.9. The van der Waals surface area contributed by atoms with Gasteiger partial charge in [-0.05, 0) is 80.4 Å². The molecule has 0 radical (unpaired) electrons. The van der Waals surface area contributed by atoms with Gasteiger partial charge in [0.1, 0.15) is 29.9 Å². The molecule has 3 saturated carbocycles. The van der Waals surface area contributed by atoms with Crippen molar-refractivity contribution in [1.82, 2.24) is 15.2 Å². The van der Waals surface area contributed by atoms with Gasteiger partial charge >= 0.3 is 0 Å². The number of aliphatic hydroxyl groups is 1. The van der Waals surface area contributed by atoms with Crippen LogP contribution in [-0.2, 0) is 14.4 Å². The van der Waals surface area contributed by atoms with Gasteiger partial charge in [-0.2, -0.15) is 0 Å². The Bertz CT molecular complexity index is 1310. The maximum absolute atomic E-state index is 13.8. The zero-order valence-electron chi connectivity index (χ0n) is 22.4. The molecule has 2 amide bonds. The standard InChI is InChI=1S/C30H37N3O6/c1-39-26-7-3-6-21-20(26)13-23(31-21)29(38)33-15-17-4-2-5-19(17)27(33)28(37)32-22(25(36)16-34)12-18-14-30(10-11-30)9-8-24(18)35/h3,6-7,13,17-19,22,27,31,34H,2,4-5,8-12,14-16H2,1H3,(H,32,37). The molecule has 1 aliphatic heterocycles. The molecule has 1 aromatic heterocycles. The lowest BCUT2D eigenvalue weighted by atomic mass is 9.75. The number of likely N-dealkylation sites (tertiary alicyclic amines) is 1. The molecule has 4 fully saturated rings. The zero-order valence-corrected chi connectivity index (χ0v) is 22.4. The Morgan fingerprint density at radius 2 is 2.05 bits per heavy atom. The Kier molecular flexibility index (Phi) is 6.73. The van der Waals surface area contributed by atoms with E-state index in [1.54, 1.807) is 18.1 Å². The monoisotopic (exact) mass is 535 g/mol. The first kappa shape index (κ1) is 26.0. The van der Waals surface area contributed by atoms with E-state index in [0.29, 0.717) is 24.4 Å². The smallest absolute Gasteiger partial charge is 0.271 e. The van der Waals surface area contributed by atoms with Gasteiger partial charge in [-0.15, -0.1) is 0 Å². The summed E-state index contributed by atoms with van der Waals surface area (Å²) in [6, 6.07) is 5.68. The second-order valence-electron chi connectivity index (χ2n) is 12.2. The molecule has 208 valence electrons. The van der Waals surface area contributed by atoms with E-state index in [2.05, 4.69) is 10.3 Å². The number of hydrogen-bond acceptors (Lipinski definition) is 6. The van der Waals surface area contributed by atoms with Crippen LogP contribution in [0.5, 0.6) is 5.75 Å². The molecule has 4 aliphatic rings. The molecular formula is C30H37N3O6. The first-order chi connectivity index (χ1) is 18.8. The third-order valence-electron chi connectivity index (χ3n) is 9.87. The van der Waals surface area contributed by atoms with Crippen LogP contribution in [0, 0.1) is 23.2 Å². The molecule has 5 atom stereocenters. The number of fused-ring (bicyclic) bond motifs is 2. The Hall–Kier alpha value is -3.20. The predicted octanol–water partition coefficient (Wildman–Crippen LogP) is 3.00. The van der Waals surface area contributed by atoms with Crippen molar-refractivity contribution in [1.29, 1.82) is 0 Å². The number of aromatic nitrogens is 1. The number of H-pyrrole nitrogens is 1. The number of hydrogen-bond donors (Lipinski definition) is 3. The highest BCUT2D eigenvalue weighted by molar-refractivity contribution is 6.02. The number of ketones is 2. The number of carbonyl (C=O) groups excluding carboxylic acids is 4. The molecule has 6 rings (SSSR count). The van der Waals surface area contributed by atoms with Crippen LogP contribution >= 0.6 is 0 Å². The van der Waals surface area contributed by atoms with E-state index in [1.165, 1.54) is 0 Å². The van der Waals surface area contributed by atoms with E-state index in [4.69, 9.17) is 4.74 Å². The molecule has 9 heteroatoms. The van der Waals surface area contributed by atoms with Crippen molar-refractivity contribution in [3.05, 3.63) is 30.0 Å². The summed E-state index contributed by atoms with van der Waals surface area (Å²) in [6.45, 7) is -0.219. The Morgan fingerprint density at radius 3 is 2.79 bits per heavy atom. The number of ether oxygens (including phenoxy) is 1. The highest BCUT2D eigenvalue weighted by Gasteiger charge is 2.51. The SMILES string of the molecule is COc1cccc2[nH]c(C(=O)N3CC4CCCC4C3C(=O)NC(CC3CC4(CCC3=O)CC4)C(=O)CO)cc12. The molecule has 2 heterocycles. The fourth-order valence-corrected chi connectivity index (χ4v) is 7.53. The number of methoxy groups -OCH3 is 1. The minimum absolute atomic E-state index is 0.0174. The van der Waals surface area contributed by atoms with Crippen molar-refractivity contribution in [2.75, 3.05) is 20.3 Å². The molecule has 5 unspecified atom stereocenters. The quantitative estimate of drug-likeness (QED) is 0.477. The summed E-state index contributed by atoms with van der Waals surface area (Å²) in [5, 5.41) is 13.4. The van der Waals surface area contributed by atoms with Crippen LogP contribution in [0.25, 0.3) is 10.9 Å². The average Bonchev–Trinajstić information content (AvgIpc) is 3.27. The van der Waals surface area contributed by atoms with Crippen LogP contribution in [-0.4, -0.2) is 70.7 Å². The average molecular weight is 536 g/mol. The molecule has 1 spiro atoms. The van der Waals surface area contributed by atoms with Crippen LogP contribution in [0.15, 0.2) is 24.3 Å². The molecule has 3 aliphatic carbocycles. The van der Waals surface area contributed by atoms with E-state index >= 15 is 0 Å². The summed E-state index contributed by atoms with van der Waals surface area (Å²) in [5.74, 6) is -0.369. The Balaban J connectivity index is 1.23. The highest BCUT2D eigenvalue weighted by Crippen LogP contribution is 2.57. The Labute approximate surface area is 227 Å². The minimum Gasteiger partial charge on any atom is -0.496 e. The van der Waals surface area contributed by atoms with E-state index < -0.39 is 24.5 Å². The lowest BCUT2D eigenvalue weighted by Gasteiger charge is -2.32. The number of nitrogens with zero attached hydrogens (tertiary/aromatic N) is 1. The van der Waals surface area contributed by atoms with Crippen molar-refractivity contribution in [2.45, 2.75) is 69.9 Å². The summed E-state index contributed by atoms with van der Waals surface area (Å²) < 4.78 is 5.44. The molecule has 39 heavy (non-hydrogen) atoms. The van der Waals surface area contributed by atoms with E-state index in [1.807, 2.05) is 18.2 Å². The summed E-state index contributed by atoms with van der Waals surface area (Å²) >= 11 is 0. The van der Waals surface area contributed by atoms with Crippen LogP contribution < -0.4 is 10.1 Å². The van der Waals surface area contributed by atoms with Crippen molar-refractivity contribution in [2.24, 2.45) is 23.2 Å². The van der Waals surface area contributed by atoms with Gasteiger partial charge in [-0.3, -0.25) is 19.2 Å². The van der Waals surface area contributed by atoms with Gasteiger partial charge in [0.2, 0.25) is 5.91 Å². The summed E-state index contributed by atoms with van der Waals surface area (Å²) in [5.41, 5.74) is 1.39. The number of Topliss-reactive ketones (excluding diaryl/α,β-unsaturated/α-hetero) is 2. The number of aliphatic hydroxyl groups excluding tert-OH is 1. The fraction of sp³-hybridized carbons (Fsp3) is 0.600. The van der Waals surface area contributed by atoms with E-state index in [-0.39, 0.29) is 47.2 Å². The molecule has 1 saturated heterocycles. The molecule has 0 bridgehead atoms.